The Kier molecular flexibility index (Phi) is 5.09. The van der Waals surface area contributed by atoms with Crippen LogP contribution in [0.4, 0.5) is 30.2 Å². The van der Waals surface area contributed by atoms with Crippen LogP contribution in [0.1, 0.15) is 5.56 Å². The third-order valence-electron chi connectivity index (χ3n) is 3.67. The van der Waals surface area contributed by atoms with Crippen molar-refractivity contribution in [1.29, 1.82) is 0 Å². The number of nitrogens with one attached hydrogen (secondary N) is 2. The number of rotatable bonds is 5. The lowest BCUT2D eigenvalue weighted by Crippen LogP contribution is -2.12. The highest BCUT2D eigenvalue weighted by atomic mass is 32.2. The zero-order valence-corrected chi connectivity index (χ0v) is 14.7. The van der Waals surface area contributed by atoms with Crippen LogP contribution in [0.5, 0.6) is 0 Å². The molecule has 0 atom stereocenters. The summed E-state index contributed by atoms with van der Waals surface area (Å²) in [7, 11) is -3.70. The zero-order chi connectivity index (χ0) is 19.5. The average Bonchev–Trinajstić information content (AvgIpc) is 2.63. The van der Waals surface area contributed by atoms with E-state index in [1.54, 1.807) is 30.3 Å². The molecule has 0 saturated heterocycles. The van der Waals surface area contributed by atoms with E-state index in [-0.39, 0.29) is 10.6 Å². The molecule has 3 aromatic rings. The molecule has 0 aliphatic heterocycles. The summed E-state index contributed by atoms with van der Waals surface area (Å²) in [4.78, 5) is 0.135. The molecule has 0 spiro atoms. The summed E-state index contributed by atoms with van der Waals surface area (Å²) in [5, 5.41) is 2.86. The Morgan fingerprint density at radius 2 is 1.33 bits per heavy atom. The summed E-state index contributed by atoms with van der Waals surface area (Å²) in [5.74, 6) is 0. The number of anilines is 3. The van der Waals surface area contributed by atoms with Gasteiger partial charge in [-0.3, -0.25) is 4.72 Å². The molecule has 0 fully saturated rings. The minimum Gasteiger partial charge on any atom is -0.356 e. The summed E-state index contributed by atoms with van der Waals surface area (Å²) >= 11 is 0. The number of sulfonamides is 1. The Hall–Kier alpha value is -3.00. The van der Waals surface area contributed by atoms with E-state index in [9.17, 15) is 21.6 Å². The van der Waals surface area contributed by atoms with Gasteiger partial charge in [-0.05, 0) is 54.6 Å². The topological polar surface area (TPSA) is 58.2 Å². The molecular formula is C19H15F3N2O2S. The Labute approximate surface area is 154 Å². The SMILES string of the molecule is O=S(=O)(Nc1ccc(Nc2cccc(C(F)(F)F)c2)cc1)c1ccccc1. The Bertz CT molecular complexity index is 1020. The van der Waals surface area contributed by atoms with Gasteiger partial charge in [0, 0.05) is 17.1 Å². The monoisotopic (exact) mass is 392 g/mol. The Morgan fingerprint density at radius 1 is 0.704 bits per heavy atom. The molecule has 0 bridgehead atoms. The minimum absolute atomic E-state index is 0.135. The van der Waals surface area contributed by atoms with Crippen molar-refractivity contribution in [2.24, 2.45) is 0 Å². The van der Waals surface area contributed by atoms with Crippen LogP contribution < -0.4 is 10.0 Å². The van der Waals surface area contributed by atoms with E-state index in [0.717, 1.165) is 12.1 Å². The standard InChI is InChI=1S/C19H15F3N2O2S/c20-19(21,22)14-5-4-6-17(13-14)23-15-9-11-16(12-10-15)24-27(25,26)18-7-2-1-3-8-18/h1-13,23-24H. The van der Waals surface area contributed by atoms with E-state index in [2.05, 4.69) is 10.0 Å². The Morgan fingerprint density at radius 3 is 1.96 bits per heavy atom. The molecule has 2 N–H and O–H groups in total. The number of hydrogen-bond acceptors (Lipinski definition) is 3. The van der Waals surface area contributed by atoms with Crippen LogP contribution in [0.2, 0.25) is 0 Å². The van der Waals surface area contributed by atoms with Crippen LogP contribution in [0.3, 0.4) is 0 Å². The number of halogens is 3. The molecule has 0 aliphatic rings. The quantitative estimate of drug-likeness (QED) is 0.624. The highest BCUT2D eigenvalue weighted by molar-refractivity contribution is 7.92. The maximum absolute atomic E-state index is 12.8. The fourth-order valence-corrected chi connectivity index (χ4v) is 3.45. The predicted molar refractivity (Wildman–Crippen MR) is 98.4 cm³/mol. The second-order valence-corrected chi connectivity index (χ2v) is 7.38. The van der Waals surface area contributed by atoms with Crippen molar-refractivity contribution in [2.75, 3.05) is 10.0 Å². The van der Waals surface area contributed by atoms with Crippen molar-refractivity contribution >= 4 is 27.1 Å². The van der Waals surface area contributed by atoms with Crippen molar-refractivity contribution in [2.45, 2.75) is 11.1 Å². The van der Waals surface area contributed by atoms with Gasteiger partial charge in [-0.15, -0.1) is 0 Å². The first-order chi connectivity index (χ1) is 12.7. The molecule has 3 aromatic carbocycles. The molecular weight excluding hydrogens is 377 g/mol. The number of alkyl halides is 3. The van der Waals surface area contributed by atoms with Crippen molar-refractivity contribution < 1.29 is 21.6 Å². The molecule has 3 rings (SSSR count). The molecule has 0 aliphatic carbocycles. The van der Waals surface area contributed by atoms with E-state index in [0.29, 0.717) is 11.4 Å². The molecule has 0 amide bonds. The van der Waals surface area contributed by atoms with Gasteiger partial charge in [0.2, 0.25) is 0 Å². The lowest BCUT2D eigenvalue weighted by molar-refractivity contribution is -0.137. The van der Waals surface area contributed by atoms with Crippen LogP contribution in [0.15, 0.2) is 83.8 Å². The summed E-state index contributed by atoms with van der Waals surface area (Å²) in [6.45, 7) is 0. The highest BCUT2D eigenvalue weighted by Crippen LogP contribution is 2.31. The first kappa shape index (κ1) is 18.8. The Balaban J connectivity index is 1.73. The van der Waals surface area contributed by atoms with Crippen molar-refractivity contribution in [1.82, 2.24) is 0 Å². The average molecular weight is 392 g/mol. The van der Waals surface area contributed by atoms with Crippen molar-refractivity contribution in [3.05, 3.63) is 84.4 Å². The summed E-state index contributed by atoms with van der Waals surface area (Å²) in [6, 6.07) is 18.9. The number of benzene rings is 3. The summed E-state index contributed by atoms with van der Waals surface area (Å²) in [6.07, 6.45) is -4.42. The largest absolute Gasteiger partial charge is 0.416 e. The van der Waals surface area contributed by atoms with Gasteiger partial charge in [0.05, 0.1) is 10.5 Å². The smallest absolute Gasteiger partial charge is 0.356 e. The van der Waals surface area contributed by atoms with Gasteiger partial charge in [-0.2, -0.15) is 13.2 Å². The van der Waals surface area contributed by atoms with Gasteiger partial charge in [0.15, 0.2) is 0 Å². The van der Waals surface area contributed by atoms with E-state index in [4.69, 9.17) is 0 Å². The zero-order valence-electron chi connectivity index (χ0n) is 13.9. The second-order valence-electron chi connectivity index (χ2n) is 5.70. The van der Waals surface area contributed by atoms with Crippen LogP contribution in [0.25, 0.3) is 0 Å². The van der Waals surface area contributed by atoms with E-state index < -0.39 is 21.8 Å². The third-order valence-corrected chi connectivity index (χ3v) is 5.07. The van der Waals surface area contributed by atoms with Gasteiger partial charge in [0.1, 0.15) is 0 Å². The van der Waals surface area contributed by atoms with Crippen LogP contribution in [-0.2, 0) is 16.2 Å². The van der Waals surface area contributed by atoms with E-state index in [1.807, 2.05) is 0 Å². The maximum atomic E-state index is 12.8. The van der Waals surface area contributed by atoms with Gasteiger partial charge in [0.25, 0.3) is 10.0 Å². The van der Waals surface area contributed by atoms with Crippen LogP contribution in [-0.4, -0.2) is 8.42 Å². The number of hydrogen-bond donors (Lipinski definition) is 2. The first-order valence-electron chi connectivity index (χ1n) is 7.86. The van der Waals surface area contributed by atoms with Gasteiger partial charge in [-0.25, -0.2) is 8.42 Å². The van der Waals surface area contributed by atoms with E-state index in [1.165, 1.54) is 36.4 Å². The van der Waals surface area contributed by atoms with Gasteiger partial charge in [-0.1, -0.05) is 24.3 Å². The molecule has 8 heteroatoms. The molecule has 4 nitrogen and oxygen atoms in total. The van der Waals surface area contributed by atoms with Crippen molar-refractivity contribution in [3.8, 4) is 0 Å². The molecule has 0 saturated carbocycles. The fraction of sp³-hybridized carbons (Fsp3) is 0.0526. The molecule has 0 heterocycles. The van der Waals surface area contributed by atoms with E-state index >= 15 is 0 Å². The fourth-order valence-electron chi connectivity index (χ4n) is 2.38. The summed E-state index contributed by atoms with van der Waals surface area (Å²) < 4.78 is 65.3. The molecule has 140 valence electrons. The third kappa shape index (κ3) is 4.79. The van der Waals surface area contributed by atoms with Crippen LogP contribution >= 0.6 is 0 Å². The second kappa shape index (κ2) is 7.32. The predicted octanol–water partition coefficient (Wildman–Crippen LogP) is 5.25. The molecule has 0 radical (unpaired) electrons. The normalized spacial score (nSPS) is 11.8. The molecule has 0 unspecified atom stereocenters. The lowest BCUT2D eigenvalue weighted by Gasteiger charge is -2.12. The lowest BCUT2D eigenvalue weighted by atomic mass is 10.2. The van der Waals surface area contributed by atoms with Gasteiger partial charge < -0.3 is 5.32 Å². The first-order valence-corrected chi connectivity index (χ1v) is 9.35. The summed E-state index contributed by atoms with van der Waals surface area (Å²) in [5.41, 5.74) is 0.396. The highest BCUT2D eigenvalue weighted by Gasteiger charge is 2.30. The minimum atomic E-state index is -4.42. The molecule has 0 aromatic heterocycles. The molecule has 27 heavy (non-hydrogen) atoms. The maximum Gasteiger partial charge on any atom is 0.416 e. The van der Waals surface area contributed by atoms with Crippen molar-refractivity contribution in [3.63, 3.8) is 0 Å². The van der Waals surface area contributed by atoms with Crippen LogP contribution in [0, 0.1) is 0 Å². The van der Waals surface area contributed by atoms with Gasteiger partial charge >= 0.3 is 6.18 Å².